The molecular weight excluding hydrogens is 465 g/mol. The molecule has 10 heteroatoms. The summed E-state index contributed by atoms with van der Waals surface area (Å²) in [5.74, 6) is -0.378. The SMILES string of the molecule is CC1Cc2ccccc2N1C(=O)C1CCN(S(=O)(=O)c2ccc(Cl)c(C(F)(F)F)c2)CC1. The summed E-state index contributed by atoms with van der Waals surface area (Å²) in [5.41, 5.74) is 0.810. The Bertz CT molecular complexity index is 1150. The van der Waals surface area contributed by atoms with Crippen LogP contribution in [-0.2, 0) is 27.4 Å². The van der Waals surface area contributed by atoms with Crippen LogP contribution in [0.15, 0.2) is 47.4 Å². The Labute approximate surface area is 189 Å². The van der Waals surface area contributed by atoms with Gasteiger partial charge in [-0.15, -0.1) is 0 Å². The number of sulfonamides is 1. The second-order valence-electron chi connectivity index (χ2n) is 8.21. The standard InChI is InChI=1S/C22H22ClF3N2O3S/c1-14-12-16-4-2-3-5-20(16)28(14)21(29)15-8-10-27(11-9-15)32(30,31)17-6-7-19(23)18(13-17)22(24,25)26/h2-7,13-15H,8-12H2,1H3. The molecule has 1 atom stereocenters. The maximum absolute atomic E-state index is 13.2. The summed E-state index contributed by atoms with van der Waals surface area (Å²) in [7, 11) is -4.14. The zero-order chi connectivity index (χ0) is 23.3. The number of para-hydroxylation sites is 1. The van der Waals surface area contributed by atoms with Gasteiger partial charge in [-0.1, -0.05) is 29.8 Å². The average molecular weight is 487 g/mol. The number of nitrogens with zero attached hydrogens (tertiary/aromatic N) is 2. The number of amides is 1. The van der Waals surface area contributed by atoms with Gasteiger partial charge in [-0.3, -0.25) is 4.79 Å². The minimum atomic E-state index is -4.76. The molecule has 2 aliphatic heterocycles. The topological polar surface area (TPSA) is 57.7 Å². The fraction of sp³-hybridized carbons (Fsp3) is 0.409. The summed E-state index contributed by atoms with van der Waals surface area (Å²) in [6, 6.07) is 10.3. The number of carbonyl (C=O) groups excluding carboxylic acids is 1. The lowest BCUT2D eigenvalue weighted by atomic mass is 9.96. The molecular formula is C22H22ClF3N2O3S. The van der Waals surface area contributed by atoms with E-state index in [9.17, 15) is 26.4 Å². The fourth-order valence-electron chi connectivity index (χ4n) is 4.47. The van der Waals surface area contributed by atoms with E-state index >= 15 is 0 Å². The van der Waals surface area contributed by atoms with Crippen molar-refractivity contribution in [1.82, 2.24) is 4.31 Å². The predicted molar refractivity (Wildman–Crippen MR) is 115 cm³/mol. The lowest BCUT2D eigenvalue weighted by Crippen LogP contribution is -2.46. The molecule has 1 amide bonds. The molecule has 172 valence electrons. The number of hydrogen-bond donors (Lipinski definition) is 0. The van der Waals surface area contributed by atoms with Crippen LogP contribution in [0, 0.1) is 5.92 Å². The predicted octanol–water partition coefficient (Wildman–Crippen LogP) is 4.74. The Balaban J connectivity index is 1.49. The van der Waals surface area contributed by atoms with Gasteiger partial charge in [0.15, 0.2) is 0 Å². The molecule has 2 aromatic carbocycles. The maximum Gasteiger partial charge on any atom is 0.417 e. The average Bonchev–Trinajstić information content (AvgIpc) is 3.08. The van der Waals surface area contributed by atoms with Crippen molar-refractivity contribution in [2.45, 2.75) is 43.3 Å². The Kier molecular flexibility index (Phi) is 6.02. The lowest BCUT2D eigenvalue weighted by molar-refractivity contribution is -0.137. The summed E-state index contributed by atoms with van der Waals surface area (Å²) >= 11 is 5.61. The van der Waals surface area contributed by atoms with E-state index in [1.54, 1.807) is 4.90 Å². The molecule has 0 bridgehead atoms. The highest BCUT2D eigenvalue weighted by molar-refractivity contribution is 7.89. The molecule has 1 fully saturated rings. The molecule has 0 saturated carbocycles. The number of carbonyl (C=O) groups is 1. The first-order valence-corrected chi connectivity index (χ1v) is 12.1. The van der Waals surface area contributed by atoms with Crippen LogP contribution in [0.4, 0.5) is 18.9 Å². The van der Waals surface area contributed by atoms with E-state index in [0.29, 0.717) is 18.9 Å². The Morgan fingerprint density at radius 3 is 2.41 bits per heavy atom. The van der Waals surface area contributed by atoms with Gasteiger partial charge in [-0.05, 0) is 56.0 Å². The molecule has 32 heavy (non-hydrogen) atoms. The van der Waals surface area contributed by atoms with Crippen LogP contribution in [0.5, 0.6) is 0 Å². The lowest BCUT2D eigenvalue weighted by Gasteiger charge is -2.34. The third-order valence-corrected chi connectivity index (χ3v) is 8.35. The van der Waals surface area contributed by atoms with Crippen molar-refractivity contribution in [3.05, 3.63) is 58.6 Å². The van der Waals surface area contributed by atoms with Crippen molar-refractivity contribution < 1.29 is 26.4 Å². The van der Waals surface area contributed by atoms with Crippen molar-refractivity contribution >= 4 is 33.2 Å². The van der Waals surface area contributed by atoms with E-state index in [-0.39, 0.29) is 31.0 Å². The Hall–Kier alpha value is -2.10. The van der Waals surface area contributed by atoms with Crippen LogP contribution in [-0.4, -0.2) is 37.8 Å². The number of piperidine rings is 1. The number of rotatable bonds is 3. The largest absolute Gasteiger partial charge is 0.417 e. The first-order chi connectivity index (χ1) is 15.0. The third kappa shape index (κ3) is 4.13. The third-order valence-electron chi connectivity index (χ3n) is 6.13. The summed E-state index contributed by atoms with van der Waals surface area (Å²) < 4.78 is 66.5. The number of benzene rings is 2. The van der Waals surface area contributed by atoms with Crippen molar-refractivity contribution in [2.75, 3.05) is 18.0 Å². The fourth-order valence-corrected chi connectivity index (χ4v) is 6.19. The van der Waals surface area contributed by atoms with Crippen molar-refractivity contribution in [2.24, 2.45) is 5.92 Å². The van der Waals surface area contributed by atoms with Crippen molar-refractivity contribution in [3.63, 3.8) is 0 Å². The van der Waals surface area contributed by atoms with Gasteiger partial charge in [0.25, 0.3) is 0 Å². The molecule has 1 saturated heterocycles. The van der Waals surface area contributed by atoms with Crippen LogP contribution in [0.2, 0.25) is 5.02 Å². The van der Waals surface area contributed by atoms with Gasteiger partial charge in [-0.25, -0.2) is 8.42 Å². The molecule has 0 aliphatic carbocycles. The van der Waals surface area contributed by atoms with Gasteiger partial charge >= 0.3 is 6.18 Å². The number of halogens is 4. The second kappa shape index (κ2) is 8.35. The molecule has 2 aromatic rings. The molecule has 2 aliphatic rings. The highest BCUT2D eigenvalue weighted by Gasteiger charge is 2.39. The Morgan fingerprint density at radius 1 is 1.09 bits per heavy atom. The van der Waals surface area contributed by atoms with Gasteiger partial charge in [0.05, 0.1) is 15.5 Å². The van der Waals surface area contributed by atoms with Crippen LogP contribution in [0.25, 0.3) is 0 Å². The molecule has 0 N–H and O–H groups in total. The molecule has 0 spiro atoms. The molecule has 1 unspecified atom stereocenters. The van der Waals surface area contributed by atoms with Crippen LogP contribution in [0.3, 0.4) is 0 Å². The minimum absolute atomic E-state index is 0.0246. The highest BCUT2D eigenvalue weighted by atomic mass is 35.5. The van der Waals surface area contributed by atoms with Crippen LogP contribution in [0.1, 0.15) is 30.9 Å². The van der Waals surface area contributed by atoms with Crippen molar-refractivity contribution in [1.29, 1.82) is 0 Å². The van der Waals surface area contributed by atoms with Crippen molar-refractivity contribution in [3.8, 4) is 0 Å². The normalized spacial score (nSPS) is 20.4. The van der Waals surface area contributed by atoms with E-state index in [1.807, 2.05) is 31.2 Å². The Morgan fingerprint density at radius 2 is 1.75 bits per heavy atom. The zero-order valence-electron chi connectivity index (χ0n) is 17.3. The quantitative estimate of drug-likeness (QED) is 0.630. The van der Waals surface area contributed by atoms with E-state index in [1.165, 1.54) is 0 Å². The number of anilines is 1. The minimum Gasteiger partial charge on any atom is -0.309 e. The highest BCUT2D eigenvalue weighted by Crippen LogP contribution is 2.38. The molecule has 5 nitrogen and oxygen atoms in total. The van der Waals surface area contributed by atoms with E-state index < -0.39 is 31.7 Å². The molecule has 2 heterocycles. The zero-order valence-corrected chi connectivity index (χ0v) is 18.8. The van der Waals surface area contributed by atoms with Gasteiger partial charge in [0.1, 0.15) is 0 Å². The van der Waals surface area contributed by atoms with E-state index in [4.69, 9.17) is 11.6 Å². The van der Waals surface area contributed by atoms with Gasteiger partial charge < -0.3 is 4.90 Å². The van der Waals surface area contributed by atoms with E-state index in [0.717, 1.165) is 34.1 Å². The molecule has 0 aromatic heterocycles. The molecule has 4 rings (SSSR count). The summed E-state index contributed by atoms with van der Waals surface area (Å²) in [6.07, 6.45) is -3.37. The summed E-state index contributed by atoms with van der Waals surface area (Å²) in [4.78, 5) is 14.5. The molecule has 0 radical (unpaired) electrons. The van der Waals surface area contributed by atoms with Gasteiger partial charge in [0.2, 0.25) is 15.9 Å². The number of fused-ring (bicyclic) bond motifs is 1. The first-order valence-electron chi connectivity index (χ1n) is 10.3. The maximum atomic E-state index is 13.2. The summed E-state index contributed by atoms with van der Waals surface area (Å²) in [6.45, 7) is 2.11. The second-order valence-corrected chi connectivity index (χ2v) is 10.6. The van der Waals surface area contributed by atoms with Gasteiger partial charge in [0, 0.05) is 30.7 Å². The van der Waals surface area contributed by atoms with Crippen LogP contribution < -0.4 is 4.90 Å². The van der Waals surface area contributed by atoms with E-state index in [2.05, 4.69) is 0 Å². The first kappa shape index (κ1) is 23.1. The monoisotopic (exact) mass is 486 g/mol. The van der Waals surface area contributed by atoms with Crippen LogP contribution >= 0.6 is 11.6 Å². The van der Waals surface area contributed by atoms with Gasteiger partial charge in [-0.2, -0.15) is 17.5 Å². The number of hydrogen-bond acceptors (Lipinski definition) is 3. The number of alkyl halides is 3. The smallest absolute Gasteiger partial charge is 0.309 e. The summed E-state index contributed by atoms with van der Waals surface area (Å²) in [5, 5.41) is -0.555.